The molecule has 0 bridgehead atoms. The molecule has 0 spiro atoms. The number of nitrogen functional groups attached to an aromatic ring is 1. The molecule has 0 aromatic heterocycles. The fourth-order valence-electron chi connectivity index (χ4n) is 2.18. The molecule has 106 valence electrons. The summed E-state index contributed by atoms with van der Waals surface area (Å²) in [6.07, 6.45) is 0. The van der Waals surface area contributed by atoms with Gasteiger partial charge in [-0.1, -0.05) is 25.4 Å². The van der Waals surface area contributed by atoms with Gasteiger partial charge in [0.15, 0.2) is 0 Å². The van der Waals surface area contributed by atoms with E-state index in [9.17, 15) is 8.42 Å². The highest BCUT2D eigenvalue weighted by Crippen LogP contribution is 2.32. The zero-order valence-corrected chi connectivity index (χ0v) is 13.2. The summed E-state index contributed by atoms with van der Waals surface area (Å²) in [5.41, 5.74) is 6.06. The van der Waals surface area contributed by atoms with Crippen molar-refractivity contribution in [3.63, 3.8) is 0 Å². The third kappa shape index (κ3) is 3.18. The van der Waals surface area contributed by atoms with Gasteiger partial charge in [-0.15, -0.1) is 0 Å². The van der Waals surface area contributed by atoms with Gasteiger partial charge in [0.25, 0.3) is 0 Å². The van der Waals surface area contributed by atoms with Crippen molar-refractivity contribution >= 4 is 39.1 Å². The van der Waals surface area contributed by atoms with Crippen LogP contribution in [-0.2, 0) is 10.0 Å². The largest absolute Gasteiger partial charge is 0.399 e. The third-order valence-electron chi connectivity index (χ3n) is 2.96. The Hall–Kier alpha value is -0.430. The van der Waals surface area contributed by atoms with E-state index in [1.165, 1.54) is 16.4 Å². The summed E-state index contributed by atoms with van der Waals surface area (Å²) in [6.45, 7) is 5.07. The lowest BCUT2D eigenvalue weighted by molar-refractivity contribution is 0.405. The first-order chi connectivity index (χ1) is 8.80. The van der Waals surface area contributed by atoms with E-state index in [4.69, 9.17) is 17.3 Å². The Labute approximate surface area is 123 Å². The van der Waals surface area contributed by atoms with Crippen LogP contribution in [0.15, 0.2) is 23.1 Å². The number of hydrogen-bond acceptors (Lipinski definition) is 4. The van der Waals surface area contributed by atoms with Crippen LogP contribution in [0.2, 0.25) is 5.02 Å². The van der Waals surface area contributed by atoms with E-state index in [1.807, 2.05) is 13.8 Å². The molecule has 2 unspecified atom stereocenters. The van der Waals surface area contributed by atoms with Gasteiger partial charge in [-0.05, 0) is 18.2 Å². The number of anilines is 1. The molecular weight excluding hydrogens is 304 g/mol. The van der Waals surface area contributed by atoms with Crippen LogP contribution in [0.25, 0.3) is 0 Å². The Morgan fingerprint density at radius 1 is 1.32 bits per heavy atom. The van der Waals surface area contributed by atoms with Crippen LogP contribution < -0.4 is 5.73 Å². The number of thioether (sulfide) groups is 1. The van der Waals surface area contributed by atoms with Gasteiger partial charge in [0, 0.05) is 29.3 Å². The highest BCUT2D eigenvalue weighted by Gasteiger charge is 2.33. The van der Waals surface area contributed by atoms with Crippen LogP contribution in [0.5, 0.6) is 0 Å². The second kappa shape index (κ2) is 5.52. The van der Waals surface area contributed by atoms with E-state index < -0.39 is 10.0 Å². The predicted octanol–water partition coefficient (Wildman–Crippen LogP) is 2.44. The van der Waals surface area contributed by atoms with Crippen LogP contribution in [0, 0.1) is 0 Å². The van der Waals surface area contributed by atoms with Gasteiger partial charge in [0.2, 0.25) is 10.0 Å². The smallest absolute Gasteiger partial charge is 0.244 e. The maximum absolute atomic E-state index is 12.6. The number of sulfonamides is 1. The van der Waals surface area contributed by atoms with Crippen molar-refractivity contribution in [2.24, 2.45) is 0 Å². The van der Waals surface area contributed by atoms with Gasteiger partial charge in [0.1, 0.15) is 4.90 Å². The van der Waals surface area contributed by atoms with Crippen LogP contribution >= 0.6 is 23.4 Å². The lowest BCUT2D eigenvalue weighted by Gasteiger charge is -2.33. The topological polar surface area (TPSA) is 63.4 Å². The van der Waals surface area contributed by atoms with Crippen molar-refractivity contribution in [2.75, 3.05) is 18.8 Å². The maximum atomic E-state index is 12.6. The molecule has 0 saturated carbocycles. The Kier molecular flexibility index (Phi) is 4.35. The second-order valence-corrected chi connectivity index (χ2v) is 8.96. The normalized spacial score (nSPS) is 25.4. The summed E-state index contributed by atoms with van der Waals surface area (Å²) in [6, 6.07) is 4.54. The summed E-state index contributed by atoms with van der Waals surface area (Å²) in [7, 11) is -3.57. The molecule has 1 heterocycles. The van der Waals surface area contributed by atoms with E-state index in [0.29, 0.717) is 18.8 Å². The lowest BCUT2D eigenvalue weighted by Crippen LogP contribution is -2.44. The van der Waals surface area contributed by atoms with Crippen LogP contribution in [0.4, 0.5) is 5.69 Å². The zero-order chi connectivity index (χ0) is 14.2. The number of nitrogens with zero attached hydrogens (tertiary/aromatic N) is 1. The molecule has 1 aromatic carbocycles. The van der Waals surface area contributed by atoms with Crippen molar-refractivity contribution in [2.45, 2.75) is 29.2 Å². The number of rotatable bonds is 2. The van der Waals surface area contributed by atoms with Crippen molar-refractivity contribution in [1.29, 1.82) is 0 Å². The molecule has 2 rings (SSSR count). The Balaban J connectivity index is 2.39. The Bertz CT molecular complexity index is 567. The number of nitrogens with two attached hydrogens (primary N) is 1. The maximum Gasteiger partial charge on any atom is 0.244 e. The van der Waals surface area contributed by atoms with E-state index in [1.54, 1.807) is 17.8 Å². The molecule has 0 radical (unpaired) electrons. The van der Waals surface area contributed by atoms with Crippen molar-refractivity contribution in [3.8, 4) is 0 Å². The first-order valence-corrected chi connectivity index (χ1v) is 8.77. The highest BCUT2D eigenvalue weighted by molar-refractivity contribution is 8.00. The standard InChI is InChI=1S/C12H17ClN2O2S2/c1-8-6-15(7-9(2)18-8)19(16,17)12-5-10(14)3-4-11(12)13/h3-5,8-9H,6-7,14H2,1-2H3. The van der Waals surface area contributed by atoms with Crippen molar-refractivity contribution in [3.05, 3.63) is 23.2 Å². The quantitative estimate of drug-likeness (QED) is 0.850. The minimum absolute atomic E-state index is 0.0977. The fourth-order valence-corrected chi connectivity index (χ4v) is 5.82. The third-order valence-corrected chi connectivity index (χ3v) is 6.50. The summed E-state index contributed by atoms with van der Waals surface area (Å²) in [4.78, 5) is 0.0977. The summed E-state index contributed by atoms with van der Waals surface area (Å²) < 4.78 is 26.8. The Morgan fingerprint density at radius 3 is 2.47 bits per heavy atom. The summed E-state index contributed by atoms with van der Waals surface area (Å²) in [5.74, 6) is 0. The molecule has 1 fully saturated rings. The van der Waals surface area contributed by atoms with Gasteiger partial charge in [-0.25, -0.2) is 8.42 Å². The van der Waals surface area contributed by atoms with Gasteiger partial charge in [-0.2, -0.15) is 16.1 Å². The molecule has 1 saturated heterocycles. The van der Waals surface area contributed by atoms with Gasteiger partial charge < -0.3 is 5.73 Å². The zero-order valence-electron chi connectivity index (χ0n) is 10.8. The highest BCUT2D eigenvalue weighted by atomic mass is 35.5. The first-order valence-electron chi connectivity index (χ1n) is 6.01. The van der Waals surface area contributed by atoms with Gasteiger partial charge in [-0.3, -0.25) is 0 Å². The molecule has 2 N–H and O–H groups in total. The summed E-state index contributed by atoms with van der Waals surface area (Å²) in [5, 5.41) is 0.768. The molecule has 0 amide bonds. The van der Waals surface area contributed by atoms with Crippen molar-refractivity contribution < 1.29 is 8.42 Å². The SMILES string of the molecule is CC1CN(S(=O)(=O)c2cc(N)ccc2Cl)CC(C)S1. The molecular formula is C12H17ClN2O2S2. The molecule has 1 aliphatic heterocycles. The molecule has 4 nitrogen and oxygen atoms in total. The molecule has 7 heteroatoms. The number of benzene rings is 1. The van der Waals surface area contributed by atoms with Crippen LogP contribution in [0.1, 0.15) is 13.8 Å². The average Bonchev–Trinajstić information content (AvgIpc) is 2.31. The molecule has 19 heavy (non-hydrogen) atoms. The number of halogens is 1. The lowest BCUT2D eigenvalue weighted by atomic mass is 10.3. The second-order valence-electron chi connectivity index (χ2n) is 4.77. The van der Waals surface area contributed by atoms with E-state index >= 15 is 0 Å². The van der Waals surface area contributed by atoms with Crippen molar-refractivity contribution in [1.82, 2.24) is 4.31 Å². The average molecular weight is 321 g/mol. The predicted molar refractivity (Wildman–Crippen MR) is 81.1 cm³/mol. The van der Waals surface area contributed by atoms with E-state index in [0.717, 1.165) is 0 Å². The molecule has 1 aliphatic rings. The molecule has 2 atom stereocenters. The number of hydrogen-bond donors (Lipinski definition) is 1. The summed E-state index contributed by atoms with van der Waals surface area (Å²) >= 11 is 7.81. The first kappa shape index (κ1) is 15.0. The van der Waals surface area contributed by atoms with E-state index in [-0.39, 0.29) is 20.4 Å². The van der Waals surface area contributed by atoms with E-state index in [2.05, 4.69) is 0 Å². The van der Waals surface area contributed by atoms with Crippen LogP contribution in [-0.4, -0.2) is 36.3 Å². The van der Waals surface area contributed by atoms with Gasteiger partial charge >= 0.3 is 0 Å². The molecule has 0 aliphatic carbocycles. The minimum atomic E-state index is -3.57. The minimum Gasteiger partial charge on any atom is -0.399 e. The monoisotopic (exact) mass is 320 g/mol. The Morgan fingerprint density at radius 2 is 1.89 bits per heavy atom. The van der Waals surface area contributed by atoms with Crippen LogP contribution in [0.3, 0.4) is 0 Å². The fraction of sp³-hybridized carbons (Fsp3) is 0.500. The van der Waals surface area contributed by atoms with Gasteiger partial charge in [0.05, 0.1) is 5.02 Å². The molecule has 1 aromatic rings.